The van der Waals surface area contributed by atoms with Crippen molar-refractivity contribution in [2.75, 3.05) is 0 Å². The minimum Gasteiger partial charge on any atom is -0.317 e. The van der Waals surface area contributed by atoms with E-state index in [2.05, 4.69) is 0 Å². The van der Waals surface area contributed by atoms with Crippen molar-refractivity contribution in [2.45, 2.75) is 17.2 Å². The van der Waals surface area contributed by atoms with Gasteiger partial charge < -0.3 is 5.73 Å². The average molecular weight is 323 g/mol. The van der Waals surface area contributed by atoms with E-state index < -0.39 is 27.6 Å². The van der Waals surface area contributed by atoms with Crippen LogP contribution in [0.15, 0.2) is 24.3 Å². The summed E-state index contributed by atoms with van der Waals surface area (Å²) in [5.74, 6) is -0.342. The van der Waals surface area contributed by atoms with E-state index in [0.29, 0.717) is 15.1 Å². The molecular weight excluding hydrogens is 312 g/mol. The quantitative estimate of drug-likeness (QED) is 0.630. The Labute approximate surface area is 119 Å². The van der Waals surface area contributed by atoms with E-state index in [1.54, 1.807) is 24.3 Å². The van der Waals surface area contributed by atoms with Gasteiger partial charge in [-0.2, -0.15) is 12.7 Å². The van der Waals surface area contributed by atoms with Gasteiger partial charge in [0.25, 0.3) is 5.91 Å². The fourth-order valence-corrected chi connectivity index (χ4v) is 4.13. The van der Waals surface area contributed by atoms with Crippen LogP contribution in [-0.4, -0.2) is 34.6 Å². The molecule has 6 nitrogen and oxygen atoms in total. The van der Waals surface area contributed by atoms with Crippen molar-refractivity contribution in [3.63, 3.8) is 0 Å². The lowest BCUT2D eigenvalue weighted by Crippen LogP contribution is -2.68. The summed E-state index contributed by atoms with van der Waals surface area (Å²) in [6, 6.07) is 6.09. The molecule has 2 rings (SSSR count). The molecule has 1 aromatic rings. The Balaban J connectivity index is 2.03. The third kappa shape index (κ3) is 3.03. The Hall–Kier alpha value is -0.800. The second-order valence-corrected chi connectivity index (χ2v) is 6.80. The van der Waals surface area contributed by atoms with Crippen LogP contribution in [0.4, 0.5) is 0 Å². The summed E-state index contributed by atoms with van der Waals surface area (Å²) in [5, 5.41) is -0.179. The summed E-state index contributed by atoms with van der Waals surface area (Å²) in [4.78, 5) is 11.3. The highest BCUT2D eigenvalue weighted by molar-refractivity contribution is 8.00. The lowest BCUT2D eigenvalue weighted by Gasteiger charge is -2.41. The number of carbonyl (C=O) groups excluding carboxylic acids is 1. The Morgan fingerprint density at radius 2 is 1.95 bits per heavy atom. The van der Waals surface area contributed by atoms with E-state index >= 15 is 0 Å². The number of thioether (sulfide) groups is 1. The molecule has 0 saturated carbocycles. The predicted molar refractivity (Wildman–Crippen MR) is 72.9 cm³/mol. The summed E-state index contributed by atoms with van der Waals surface area (Å²) >= 11 is 6.91. The fraction of sp³-hybridized carbons (Fsp3) is 0.300. The predicted octanol–water partition coefficient (Wildman–Crippen LogP) is 0.872. The number of rotatable bonds is 4. The van der Waals surface area contributed by atoms with Crippen LogP contribution in [0.3, 0.4) is 0 Å². The van der Waals surface area contributed by atoms with E-state index in [4.69, 9.17) is 21.9 Å². The van der Waals surface area contributed by atoms with Gasteiger partial charge in [0.15, 0.2) is 0 Å². The van der Waals surface area contributed by atoms with Gasteiger partial charge in [0.05, 0.1) is 0 Å². The highest BCUT2D eigenvalue weighted by Crippen LogP contribution is 2.33. The Morgan fingerprint density at radius 1 is 1.37 bits per heavy atom. The normalized spacial score (nSPS) is 23.3. The molecule has 0 aromatic heterocycles. The molecule has 1 aliphatic heterocycles. The summed E-state index contributed by atoms with van der Waals surface area (Å²) in [6.45, 7) is 0. The van der Waals surface area contributed by atoms with Gasteiger partial charge >= 0.3 is 10.3 Å². The Kier molecular flexibility index (Phi) is 4.07. The minimum atomic E-state index is -4.55. The van der Waals surface area contributed by atoms with Crippen molar-refractivity contribution in [1.82, 2.24) is 4.31 Å². The van der Waals surface area contributed by atoms with Crippen LogP contribution in [0, 0.1) is 0 Å². The molecule has 0 radical (unpaired) electrons. The molecule has 3 N–H and O–H groups in total. The molecule has 2 atom stereocenters. The monoisotopic (exact) mass is 322 g/mol. The zero-order valence-electron chi connectivity index (χ0n) is 9.56. The summed E-state index contributed by atoms with van der Waals surface area (Å²) in [5.41, 5.74) is 6.45. The molecule has 1 heterocycles. The maximum absolute atomic E-state index is 11.3. The topological polar surface area (TPSA) is 101 Å². The van der Waals surface area contributed by atoms with Crippen molar-refractivity contribution in [3.05, 3.63) is 34.9 Å². The summed E-state index contributed by atoms with van der Waals surface area (Å²) < 4.78 is 31.3. The SMILES string of the molecule is N[C@@H]1C(=O)N(S(=O)(=O)O)C1SCc1ccc(Cl)cc1. The number of amides is 1. The van der Waals surface area contributed by atoms with Gasteiger partial charge in [-0.15, -0.1) is 11.8 Å². The second kappa shape index (κ2) is 5.29. The van der Waals surface area contributed by atoms with Crippen LogP contribution >= 0.6 is 23.4 Å². The van der Waals surface area contributed by atoms with Crippen molar-refractivity contribution in [2.24, 2.45) is 5.73 Å². The number of carbonyl (C=O) groups is 1. The van der Waals surface area contributed by atoms with Crippen LogP contribution in [0.2, 0.25) is 5.02 Å². The van der Waals surface area contributed by atoms with Crippen LogP contribution in [0.1, 0.15) is 5.56 Å². The molecule has 1 unspecified atom stereocenters. The highest BCUT2D eigenvalue weighted by Gasteiger charge is 2.51. The lowest BCUT2D eigenvalue weighted by molar-refractivity contribution is -0.137. The molecule has 0 aliphatic carbocycles. The lowest BCUT2D eigenvalue weighted by atomic mass is 10.2. The summed E-state index contributed by atoms with van der Waals surface area (Å²) in [6.07, 6.45) is 0. The van der Waals surface area contributed by atoms with Crippen molar-refractivity contribution < 1.29 is 17.8 Å². The summed E-state index contributed by atoms with van der Waals surface area (Å²) in [7, 11) is -4.55. The molecule has 9 heteroatoms. The van der Waals surface area contributed by atoms with Gasteiger partial charge in [0.1, 0.15) is 11.4 Å². The Bertz CT molecular complexity index is 590. The molecule has 1 fully saturated rings. The number of β-lactam (4-membered cyclic amide) rings is 1. The van der Waals surface area contributed by atoms with Gasteiger partial charge in [-0.25, -0.2) is 0 Å². The molecule has 1 saturated heterocycles. The molecule has 19 heavy (non-hydrogen) atoms. The first-order valence-corrected chi connectivity index (χ1v) is 8.05. The van der Waals surface area contributed by atoms with Crippen molar-refractivity contribution in [3.8, 4) is 0 Å². The van der Waals surface area contributed by atoms with Crippen LogP contribution in [0.25, 0.3) is 0 Å². The molecule has 1 aromatic carbocycles. The van der Waals surface area contributed by atoms with Gasteiger partial charge in [0.2, 0.25) is 0 Å². The first-order valence-electron chi connectivity index (χ1n) is 5.23. The average Bonchev–Trinajstić information content (AvgIpc) is 2.33. The van der Waals surface area contributed by atoms with E-state index in [9.17, 15) is 13.2 Å². The third-order valence-electron chi connectivity index (χ3n) is 2.62. The van der Waals surface area contributed by atoms with Gasteiger partial charge in [-0.3, -0.25) is 9.35 Å². The number of nitrogens with two attached hydrogens (primary N) is 1. The van der Waals surface area contributed by atoms with Crippen LogP contribution in [-0.2, 0) is 20.9 Å². The Morgan fingerprint density at radius 3 is 2.47 bits per heavy atom. The number of hydrogen-bond acceptors (Lipinski definition) is 5. The largest absolute Gasteiger partial charge is 0.363 e. The van der Waals surface area contributed by atoms with Gasteiger partial charge in [-0.05, 0) is 17.7 Å². The molecule has 0 spiro atoms. The highest BCUT2D eigenvalue weighted by atomic mass is 35.5. The van der Waals surface area contributed by atoms with E-state index in [-0.39, 0.29) is 0 Å². The van der Waals surface area contributed by atoms with Crippen molar-refractivity contribution >= 4 is 39.6 Å². The van der Waals surface area contributed by atoms with E-state index in [0.717, 1.165) is 5.56 Å². The first-order chi connectivity index (χ1) is 8.80. The first kappa shape index (κ1) is 14.6. The third-order valence-corrected chi connectivity index (χ3v) is 5.26. The maximum atomic E-state index is 11.3. The maximum Gasteiger partial charge on any atom is 0.363 e. The zero-order chi connectivity index (χ0) is 14.2. The molecule has 1 amide bonds. The van der Waals surface area contributed by atoms with E-state index in [1.165, 1.54) is 11.8 Å². The fourth-order valence-electron chi connectivity index (χ4n) is 1.64. The number of halogens is 1. The van der Waals surface area contributed by atoms with Crippen molar-refractivity contribution in [1.29, 1.82) is 0 Å². The standard InChI is InChI=1S/C10H11ClN2O4S2/c11-7-3-1-6(2-4-7)5-18-10-8(12)9(14)13(10)19(15,16)17/h1-4,8,10H,5,12H2,(H,15,16,17)/t8-,10?/m1/s1. The van der Waals surface area contributed by atoms with Crippen LogP contribution < -0.4 is 5.73 Å². The number of hydrogen-bond donors (Lipinski definition) is 2. The van der Waals surface area contributed by atoms with Gasteiger partial charge in [-0.1, -0.05) is 23.7 Å². The number of benzene rings is 1. The van der Waals surface area contributed by atoms with E-state index in [1.807, 2.05) is 0 Å². The zero-order valence-corrected chi connectivity index (χ0v) is 12.0. The smallest absolute Gasteiger partial charge is 0.317 e. The molecule has 0 bridgehead atoms. The minimum absolute atomic E-state index is 0.401. The number of nitrogens with zero attached hydrogens (tertiary/aromatic N) is 1. The molecular formula is C10H11ClN2O4S2. The molecule has 1 aliphatic rings. The molecule has 104 valence electrons. The van der Waals surface area contributed by atoms with Gasteiger partial charge in [0, 0.05) is 10.8 Å². The second-order valence-electron chi connectivity index (χ2n) is 3.97. The van der Waals surface area contributed by atoms with Crippen LogP contribution in [0.5, 0.6) is 0 Å².